The molecule has 2 aromatic carbocycles. The van der Waals surface area contributed by atoms with E-state index in [9.17, 15) is 9.59 Å². The first-order valence-corrected chi connectivity index (χ1v) is 12.7. The molecule has 1 amide bonds. The summed E-state index contributed by atoms with van der Waals surface area (Å²) in [6.07, 6.45) is 4.66. The molecule has 13 heteroatoms. The topological polar surface area (TPSA) is 166 Å². The van der Waals surface area contributed by atoms with Crippen LogP contribution in [0.5, 0.6) is 5.75 Å². The van der Waals surface area contributed by atoms with Gasteiger partial charge in [-0.3, -0.25) is 9.59 Å². The van der Waals surface area contributed by atoms with Crippen molar-refractivity contribution in [1.82, 2.24) is 25.3 Å². The summed E-state index contributed by atoms with van der Waals surface area (Å²) in [5.74, 6) is 0.548. The van der Waals surface area contributed by atoms with Crippen LogP contribution in [0.4, 0.5) is 5.82 Å². The van der Waals surface area contributed by atoms with Gasteiger partial charge in [-0.05, 0) is 49.6 Å². The number of benzene rings is 2. The van der Waals surface area contributed by atoms with E-state index in [2.05, 4.69) is 34.8 Å². The van der Waals surface area contributed by atoms with E-state index >= 15 is 0 Å². The first-order chi connectivity index (χ1) is 19.8. The Labute approximate surface area is 236 Å². The summed E-state index contributed by atoms with van der Waals surface area (Å²) in [4.78, 5) is 25.7. The smallest absolute Gasteiger partial charge is 0.270 e. The summed E-state index contributed by atoms with van der Waals surface area (Å²) in [5.41, 5.74) is 9.00. The minimum atomic E-state index is -0.514. The number of nitrogen functional groups attached to an aromatic ring is 1. The minimum absolute atomic E-state index is 0.0850. The lowest BCUT2D eigenvalue weighted by Crippen LogP contribution is -2.25. The fraction of sp³-hybridized carbons (Fsp3) is 0.321. The lowest BCUT2D eigenvalue weighted by Gasteiger charge is -2.11. The highest BCUT2D eigenvalue weighted by molar-refractivity contribution is 6.11. The Morgan fingerprint density at radius 1 is 1.10 bits per heavy atom. The molecule has 5 rings (SSSR count). The summed E-state index contributed by atoms with van der Waals surface area (Å²) < 4.78 is 26.0. The highest BCUT2D eigenvalue weighted by Gasteiger charge is 2.25. The molecule has 4 aromatic rings. The standard InChI is InChI=1S/C24H22N6O4.C4H10O3/c1-14-5-6-16(24(32)28-17-7-8-17)10-20(14)30-23(25)19(11-27-30)22(31)15-3-2-4-18(9-15)33-12-21-29-26-13-34-21;1-5-4(6-2)7-3/h2-6,9-11,13,17H,7-8,12,25H2,1H3,(H,28,32);4H,1-3H3. The van der Waals surface area contributed by atoms with Gasteiger partial charge in [0.1, 0.15) is 11.6 Å². The fourth-order valence-corrected chi connectivity index (χ4v) is 3.78. The van der Waals surface area contributed by atoms with Gasteiger partial charge >= 0.3 is 0 Å². The number of aryl methyl sites for hydroxylation is 1. The maximum atomic E-state index is 13.2. The number of rotatable bonds is 11. The minimum Gasteiger partial charge on any atom is -0.484 e. The van der Waals surface area contributed by atoms with Gasteiger partial charge in [-0.15, -0.1) is 10.2 Å². The van der Waals surface area contributed by atoms with Crippen molar-refractivity contribution in [2.75, 3.05) is 27.1 Å². The van der Waals surface area contributed by atoms with E-state index in [0.717, 1.165) is 18.4 Å². The lowest BCUT2D eigenvalue weighted by molar-refractivity contribution is -0.252. The van der Waals surface area contributed by atoms with Gasteiger partial charge in [-0.25, -0.2) is 4.68 Å². The molecular formula is C28H32N6O7. The van der Waals surface area contributed by atoms with Crippen molar-refractivity contribution in [3.63, 3.8) is 0 Å². The van der Waals surface area contributed by atoms with Crippen molar-refractivity contribution in [3.05, 3.63) is 83.2 Å². The van der Waals surface area contributed by atoms with Crippen molar-refractivity contribution in [2.24, 2.45) is 0 Å². The van der Waals surface area contributed by atoms with Crippen molar-refractivity contribution < 1.29 is 33.0 Å². The predicted molar refractivity (Wildman–Crippen MR) is 147 cm³/mol. The Balaban J connectivity index is 0.000000493. The first-order valence-electron chi connectivity index (χ1n) is 12.7. The number of ketones is 1. The molecule has 216 valence electrons. The number of amides is 1. The first kappa shape index (κ1) is 29.4. The second kappa shape index (κ2) is 13.7. The number of ether oxygens (including phenoxy) is 4. The molecule has 0 bridgehead atoms. The number of nitrogens with two attached hydrogens (primary N) is 1. The van der Waals surface area contributed by atoms with Crippen LogP contribution in [-0.4, -0.2) is 65.5 Å². The van der Waals surface area contributed by atoms with Gasteiger partial charge in [-0.2, -0.15) is 5.10 Å². The largest absolute Gasteiger partial charge is 0.484 e. The second-order valence-electron chi connectivity index (χ2n) is 9.08. The average molecular weight is 565 g/mol. The quantitative estimate of drug-likeness (QED) is 0.203. The van der Waals surface area contributed by atoms with Crippen LogP contribution >= 0.6 is 0 Å². The molecule has 2 aromatic heterocycles. The molecule has 0 saturated heterocycles. The molecule has 13 nitrogen and oxygen atoms in total. The van der Waals surface area contributed by atoms with E-state index in [4.69, 9.17) is 14.9 Å². The molecule has 0 aliphatic heterocycles. The normalized spacial score (nSPS) is 12.5. The van der Waals surface area contributed by atoms with Gasteiger partial charge in [0.25, 0.3) is 18.3 Å². The van der Waals surface area contributed by atoms with E-state index in [1.807, 2.05) is 13.0 Å². The van der Waals surface area contributed by atoms with E-state index in [1.165, 1.54) is 38.6 Å². The van der Waals surface area contributed by atoms with Crippen LogP contribution < -0.4 is 15.8 Å². The van der Waals surface area contributed by atoms with Crippen molar-refractivity contribution in [1.29, 1.82) is 0 Å². The maximum Gasteiger partial charge on any atom is 0.270 e. The number of hydrogen-bond acceptors (Lipinski definition) is 11. The van der Waals surface area contributed by atoms with Crippen LogP contribution in [0.15, 0.2) is 59.5 Å². The molecule has 1 aliphatic rings. The zero-order valence-corrected chi connectivity index (χ0v) is 23.2. The summed E-state index contributed by atoms with van der Waals surface area (Å²) in [6.45, 7) is 1.46. The lowest BCUT2D eigenvalue weighted by atomic mass is 10.1. The van der Waals surface area contributed by atoms with Crippen LogP contribution in [0.3, 0.4) is 0 Å². The van der Waals surface area contributed by atoms with Crippen LogP contribution in [0, 0.1) is 6.92 Å². The number of hydrogen-bond donors (Lipinski definition) is 2. The number of nitrogens with zero attached hydrogens (tertiary/aromatic N) is 4. The summed E-state index contributed by atoms with van der Waals surface area (Å²) in [5, 5.41) is 14.7. The Morgan fingerprint density at radius 3 is 2.49 bits per heavy atom. The van der Waals surface area contributed by atoms with E-state index in [1.54, 1.807) is 36.4 Å². The van der Waals surface area contributed by atoms with E-state index in [-0.39, 0.29) is 35.7 Å². The number of nitrogens with one attached hydrogen (secondary N) is 1. The van der Waals surface area contributed by atoms with Gasteiger partial charge in [-0.1, -0.05) is 18.2 Å². The molecule has 1 fully saturated rings. The highest BCUT2D eigenvalue weighted by Crippen LogP contribution is 2.25. The summed E-state index contributed by atoms with van der Waals surface area (Å²) in [6, 6.07) is 12.3. The number of carbonyl (C=O) groups is 2. The van der Waals surface area contributed by atoms with Gasteiger partial charge in [0.15, 0.2) is 12.4 Å². The Morgan fingerprint density at radius 2 is 1.85 bits per heavy atom. The molecule has 0 radical (unpaired) electrons. The van der Waals surface area contributed by atoms with Gasteiger partial charge in [0.05, 0.1) is 17.4 Å². The van der Waals surface area contributed by atoms with Crippen LogP contribution in [0.1, 0.15) is 50.6 Å². The molecular weight excluding hydrogens is 532 g/mol. The Kier molecular flexibility index (Phi) is 9.79. The SMILES string of the molecule is COC(OC)OC.Cc1ccc(C(=O)NC2CC2)cc1-n1ncc(C(=O)c2cccc(OCc3nnco3)c2)c1N. The van der Waals surface area contributed by atoms with Gasteiger partial charge in [0, 0.05) is 38.5 Å². The third kappa shape index (κ3) is 7.54. The predicted octanol–water partition coefficient (Wildman–Crippen LogP) is 3.06. The number of carbonyl (C=O) groups excluding carboxylic acids is 2. The zero-order valence-electron chi connectivity index (χ0n) is 23.2. The maximum absolute atomic E-state index is 13.2. The van der Waals surface area contributed by atoms with Gasteiger partial charge in [0.2, 0.25) is 6.39 Å². The summed E-state index contributed by atoms with van der Waals surface area (Å²) >= 11 is 0. The van der Waals surface area contributed by atoms with Crippen molar-refractivity contribution in [2.45, 2.75) is 38.9 Å². The van der Waals surface area contributed by atoms with Crippen molar-refractivity contribution in [3.8, 4) is 11.4 Å². The average Bonchev–Trinajstić information content (AvgIpc) is 3.48. The monoisotopic (exact) mass is 564 g/mol. The molecule has 2 heterocycles. The van der Waals surface area contributed by atoms with Crippen LogP contribution in [-0.2, 0) is 20.8 Å². The molecule has 0 atom stereocenters. The number of anilines is 1. The van der Waals surface area contributed by atoms with Crippen LogP contribution in [0.2, 0.25) is 0 Å². The number of methoxy groups -OCH3 is 3. The Bertz CT molecular complexity index is 1460. The number of aromatic nitrogens is 4. The zero-order chi connectivity index (χ0) is 29.4. The van der Waals surface area contributed by atoms with E-state index < -0.39 is 6.48 Å². The Hall–Kier alpha value is -4.59. The molecule has 1 saturated carbocycles. The third-order valence-electron chi connectivity index (χ3n) is 6.10. The second-order valence-corrected chi connectivity index (χ2v) is 9.08. The molecule has 0 spiro atoms. The van der Waals surface area contributed by atoms with Crippen molar-refractivity contribution >= 4 is 17.5 Å². The molecule has 1 aliphatic carbocycles. The van der Waals surface area contributed by atoms with Gasteiger partial charge < -0.3 is 34.4 Å². The fourth-order valence-electron chi connectivity index (χ4n) is 3.78. The van der Waals surface area contributed by atoms with Crippen LogP contribution in [0.25, 0.3) is 5.69 Å². The molecule has 0 unspecified atom stereocenters. The summed E-state index contributed by atoms with van der Waals surface area (Å²) in [7, 11) is 4.53. The molecule has 3 N–H and O–H groups in total. The van der Waals surface area contributed by atoms with E-state index in [0.29, 0.717) is 28.5 Å². The third-order valence-corrected chi connectivity index (χ3v) is 6.10. The molecule has 41 heavy (non-hydrogen) atoms. The highest BCUT2D eigenvalue weighted by atomic mass is 16.8.